The molecule has 6 heteroatoms. The van der Waals surface area contributed by atoms with Crippen molar-refractivity contribution in [2.45, 2.75) is 55.9 Å². The van der Waals surface area contributed by atoms with E-state index < -0.39 is 29.9 Å². The van der Waals surface area contributed by atoms with Crippen LogP contribution in [-0.4, -0.2) is 56.8 Å². The van der Waals surface area contributed by atoms with Gasteiger partial charge in [0.2, 0.25) is 0 Å². The predicted octanol–water partition coefficient (Wildman–Crippen LogP) is 5.46. The third-order valence-corrected chi connectivity index (χ3v) is 7.10. The second-order valence-corrected chi connectivity index (χ2v) is 10.0. The van der Waals surface area contributed by atoms with E-state index in [9.17, 15) is 0 Å². The number of hydrogen-bond acceptors (Lipinski definition) is 6. The second-order valence-electron chi connectivity index (χ2n) is 10.0. The minimum atomic E-state index is -0.883. The topological polar surface area (TPSA) is 55.4 Å². The fourth-order valence-electron chi connectivity index (χ4n) is 5.48. The average molecular weight is 517 g/mol. The number of methoxy groups -OCH3 is 1. The lowest BCUT2D eigenvalue weighted by Gasteiger charge is -2.38. The van der Waals surface area contributed by atoms with E-state index in [0.717, 1.165) is 16.7 Å². The van der Waals surface area contributed by atoms with Gasteiger partial charge >= 0.3 is 0 Å². The zero-order valence-corrected chi connectivity index (χ0v) is 22.2. The number of benzene rings is 3. The van der Waals surface area contributed by atoms with Crippen molar-refractivity contribution >= 4 is 0 Å². The molecule has 0 saturated carbocycles. The molecule has 200 valence electrons. The summed E-state index contributed by atoms with van der Waals surface area (Å²) in [5.41, 5.74) is 2.16. The number of hydrogen-bond donors (Lipinski definition) is 0. The lowest BCUT2D eigenvalue weighted by Crippen LogP contribution is -2.47. The molecule has 0 radical (unpaired) electrons. The van der Waals surface area contributed by atoms with Crippen LogP contribution in [0.15, 0.2) is 104 Å². The van der Waals surface area contributed by atoms with Crippen molar-refractivity contribution in [1.29, 1.82) is 0 Å². The van der Waals surface area contributed by atoms with E-state index in [4.69, 9.17) is 28.4 Å². The Labute approximate surface area is 225 Å². The Morgan fingerprint density at radius 2 is 1.39 bits per heavy atom. The smallest absolute Gasteiger partial charge is 0.190 e. The molecule has 2 aliphatic heterocycles. The fraction of sp³-hybridized carbons (Fsp3) is 0.375. The Morgan fingerprint density at radius 1 is 0.868 bits per heavy atom. The van der Waals surface area contributed by atoms with Crippen molar-refractivity contribution in [2.75, 3.05) is 20.3 Å². The first kappa shape index (κ1) is 26.8. The molecular weight excluding hydrogens is 480 g/mol. The van der Waals surface area contributed by atoms with Crippen molar-refractivity contribution in [2.24, 2.45) is 0 Å². The zero-order chi connectivity index (χ0) is 26.6. The zero-order valence-electron chi connectivity index (χ0n) is 22.2. The van der Waals surface area contributed by atoms with Gasteiger partial charge in [0.05, 0.1) is 13.2 Å². The summed E-state index contributed by atoms with van der Waals surface area (Å²) in [5.74, 6) is -0.742. The number of rotatable bonds is 11. The molecule has 3 aromatic carbocycles. The quantitative estimate of drug-likeness (QED) is 0.249. The van der Waals surface area contributed by atoms with Crippen molar-refractivity contribution in [1.82, 2.24) is 0 Å². The lowest BCUT2D eigenvalue weighted by atomic mass is 9.80. The van der Waals surface area contributed by atoms with Gasteiger partial charge in [0.1, 0.15) is 30.0 Å². The summed E-state index contributed by atoms with van der Waals surface area (Å²) in [5, 5.41) is 0. The Hall–Kier alpha value is -2.84. The maximum Gasteiger partial charge on any atom is 0.190 e. The van der Waals surface area contributed by atoms with Crippen LogP contribution >= 0.6 is 0 Å². The van der Waals surface area contributed by atoms with Gasteiger partial charge in [0.15, 0.2) is 12.1 Å². The van der Waals surface area contributed by atoms with Crippen molar-refractivity contribution in [3.8, 4) is 0 Å². The molecule has 0 N–H and O–H groups in total. The van der Waals surface area contributed by atoms with E-state index in [2.05, 4.69) is 43.0 Å². The van der Waals surface area contributed by atoms with Crippen LogP contribution in [0.25, 0.3) is 0 Å². The van der Waals surface area contributed by atoms with Gasteiger partial charge in [0.25, 0.3) is 0 Å². The van der Waals surface area contributed by atoms with Crippen LogP contribution < -0.4 is 0 Å². The summed E-state index contributed by atoms with van der Waals surface area (Å²) < 4.78 is 37.7. The summed E-state index contributed by atoms with van der Waals surface area (Å²) in [6.07, 6.45) is -0.520. The third-order valence-electron chi connectivity index (χ3n) is 7.10. The Bertz CT molecular complexity index is 1070. The van der Waals surface area contributed by atoms with Gasteiger partial charge in [-0.2, -0.15) is 0 Å². The summed E-state index contributed by atoms with van der Waals surface area (Å²) in [4.78, 5) is 0. The second kappa shape index (κ2) is 11.5. The van der Waals surface area contributed by atoms with Crippen LogP contribution in [0.4, 0.5) is 0 Å². The summed E-state index contributed by atoms with van der Waals surface area (Å²) in [7, 11) is 1.66. The van der Waals surface area contributed by atoms with E-state index in [0.29, 0.717) is 6.61 Å². The van der Waals surface area contributed by atoms with E-state index in [1.165, 1.54) is 0 Å². The number of fused-ring (bicyclic) bond motifs is 1. The molecule has 2 aliphatic rings. The molecule has 0 unspecified atom stereocenters. The van der Waals surface area contributed by atoms with Crippen LogP contribution in [0, 0.1) is 0 Å². The average Bonchev–Trinajstić information content (AvgIpc) is 3.43. The molecular formula is C32H36O6. The molecule has 38 heavy (non-hydrogen) atoms. The molecule has 0 bridgehead atoms. The summed E-state index contributed by atoms with van der Waals surface area (Å²) in [6.45, 7) is 8.14. The maximum atomic E-state index is 7.04. The monoisotopic (exact) mass is 516 g/mol. The highest BCUT2D eigenvalue weighted by Crippen LogP contribution is 2.43. The first-order chi connectivity index (χ1) is 18.5. The van der Waals surface area contributed by atoms with Gasteiger partial charge in [-0.15, -0.1) is 6.58 Å². The van der Waals surface area contributed by atoms with E-state index >= 15 is 0 Å². The normalized spacial score (nSPS) is 25.1. The van der Waals surface area contributed by atoms with Crippen LogP contribution in [-0.2, 0) is 34.0 Å². The van der Waals surface area contributed by atoms with E-state index in [-0.39, 0.29) is 18.8 Å². The highest BCUT2D eigenvalue weighted by atomic mass is 16.8. The fourth-order valence-corrected chi connectivity index (χ4v) is 5.48. The molecule has 5 rings (SSSR count). The van der Waals surface area contributed by atoms with E-state index in [1.807, 2.05) is 68.4 Å². The lowest BCUT2D eigenvalue weighted by molar-refractivity contribution is -0.235. The SMILES string of the molecule is C=CCO[C@H](COC(c1ccccc1)(c1ccccc1)c1ccccc1)[C@H]1O[C@@H]2OC(C)(C)O[C@@H]2[C@H]1OC. The molecule has 2 fully saturated rings. The molecule has 0 aliphatic carbocycles. The van der Waals surface area contributed by atoms with Gasteiger partial charge < -0.3 is 28.4 Å². The Morgan fingerprint density at radius 3 is 1.87 bits per heavy atom. The first-order valence-electron chi connectivity index (χ1n) is 13.1. The predicted molar refractivity (Wildman–Crippen MR) is 145 cm³/mol. The minimum Gasteiger partial charge on any atom is -0.376 e. The minimum absolute atomic E-state index is 0.222. The number of ether oxygens (including phenoxy) is 6. The molecule has 3 aromatic rings. The van der Waals surface area contributed by atoms with Crippen molar-refractivity contribution in [3.63, 3.8) is 0 Å². The first-order valence-corrected chi connectivity index (χ1v) is 13.1. The summed E-state index contributed by atoms with van der Waals surface area (Å²) in [6, 6.07) is 30.8. The van der Waals surface area contributed by atoms with Crippen molar-refractivity contribution in [3.05, 3.63) is 120 Å². The largest absolute Gasteiger partial charge is 0.376 e. The van der Waals surface area contributed by atoms with Gasteiger partial charge in [-0.1, -0.05) is 97.1 Å². The van der Waals surface area contributed by atoms with Gasteiger partial charge in [-0.05, 0) is 30.5 Å². The van der Waals surface area contributed by atoms with E-state index in [1.54, 1.807) is 13.2 Å². The van der Waals surface area contributed by atoms with Crippen molar-refractivity contribution < 1.29 is 28.4 Å². The maximum absolute atomic E-state index is 7.04. The standard InChI is InChI=1S/C32H36O6/c1-5-21-34-26(27-28(33-4)29-30(36-27)38-31(2,3)37-29)22-35-32(23-15-9-6-10-16-23,24-17-11-7-12-18-24)25-19-13-8-14-20-25/h5-20,26-30H,1,21-22H2,2-4H3/t26-,27-,28+,29-,30-/m1/s1. The Balaban J connectivity index is 1.52. The molecule has 0 aromatic heterocycles. The molecule has 5 atom stereocenters. The molecule has 2 saturated heterocycles. The van der Waals surface area contributed by atoms with Crippen LogP contribution in [0.3, 0.4) is 0 Å². The third kappa shape index (κ3) is 5.21. The van der Waals surface area contributed by atoms with Crippen LogP contribution in [0.1, 0.15) is 30.5 Å². The van der Waals surface area contributed by atoms with Gasteiger partial charge in [-0.3, -0.25) is 0 Å². The Kier molecular flexibility index (Phi) is 8.09. The molecule has 0 amide bonds. The molecule has 0 spiro atoms. The van der Waals surface area contributed by atoms with Crippen LogP contribution in [0.5, 0.6) is 0 Å². The summed E-state index contributed by atoms with van der Waals surface area (Å²) >= 11 is 0. The molecule has 6 nitrogen and oxygen atoms in total. The van der Waals surface area contributed by atoms with Crippen LogP contribution in [0.2, 0.25) is 0 Å². The highest BCUT2D eigenvalue weighted by Gasteiger charge is 2.57. The molecule has 2 heterocycles. The highest BCUT2D eigenvalue weighted by molar-refractivity contribution is 5.47. The van der Waals surface area contributed by atoms with Gasteiger partial charge in [-0.25, -0.2) is 0 Å². The van der Waals surface area contributed by atoms with Gasteiger partial charge in [0, 0.05) is 7.11 Å².